The van der Waals surface area contributed by atoms with Crippen LogP contribution in [-0.2, 0) is 9.53 Å². The molecular weight excluding hydrogens is 215 g/mol. The average molecular weight is 223 g/mol. The molecule has 0 fully saturated rings. The van der Waals surface area contributed by atoms with Crippen LogP contribution in [0.3, 0.4) is 0 Å². The van der Waals surface area contributed by atoms with E-state index in [4.69, 9.17) is 27.9 Å². The molecule has 0 bridgehead atoms. The third kappa shape index (κ3) is 2.60. The molecule has 13 heavy (non-hydrogen) atoms. The predicted molar refractivity (Wildman–Crippen MR) is 50.8 cm³/mol. The van der Waals surface area contributed by atoms with Gasteiger partial charge >= 0.3 is 5.97 Å². The minimum absolute atomic E-state index is 0.151. The van der Waals surface area contributed by atoms with Crippen LogP contribution < -0.4 is 5.32 Å². The van der Waals surface area contributed by atoms with E-state index in [2.05, 4.69) is 10.3 Å². The summed E-state index contributed by atoms with van der Waals surface area (Å²) >= 11 is 11.3. The lowest BCUT2D eigenvalue weighted by molar-refractivity contribution is -0.139. The lowest BCUT2D eigenvalue weighted by Crippen LogP contribution is -2.31. The molecule has 1 atom stereocenters. The van der Waals surface area contributed by atoms with Crippen molar-refractivity contribution in [3.05, 3.63) is 10.7 Å². The highest BCUT2D eigenvalue weighted by Gasteiger charge is 2.20. The maximum atomic E-state index is 11.2. The van der Waals surface area contributed by atoms with Crippen LogP contribution in [-0.4, -0.2) is 24.4 Å². The van der Waals surface area contributed by atoms with Crippen molar-refractivity contribution in [1.29, 1.82) is 0 Å². The first-order valence-corrected chi connectivity index (χ1v) is 4.47. The molecule has 1 aliphatic heterocycles. The zero-order valence-corrected chi connectivity index (χ0v) is 8.39. The van der Waals surface area contributed by atoms with Gasteiger partial charge in [0, 0.05) is 6.21 Å². The van der Waals surface area contributed by atoms with Crippen LogP contribution in [0.1, 0.15) is 6.92 Å². The highest BCUT2D eigenvalue weighted by atomic mass is 35.5. The molecule has 72 valence electrons. The van der Waals surface area contributed by atoms with Gasteiger partial charge < -0.3 is 10.1 Å². The molecule has 0 saturated heterocycles. The number of hydrogen-bond donors (Lipinski definition) is 1. The van der Waals surface area contributed by atoms with E-state index in [1.807, 2.05) is 0 Å². The summed E-state index contributed by atoms with van der Waals surface area (Å²) in [6.45, 7) is 2.00. The van der Waals surface area contributed by atoms with Crippen LogP contribution in [0, 0.1) is 0 Å². The van der Waals surface area contributed by atoms with Gasteiger partial charge in [0.1, 0.15) is 5.70 Å². The summed E-state index contributed by atoms with van der Waals surface area (Å²) in [4.78, 5) is 14.9. The van der Waals surface area contributed by atoms with E-state index in [1.165, 1.54) is 6.21 Å². The van der Waals surface area contributed by atoms with Crippen LogP contribution in [0.2, 0.25) is 0 Å². The fourth-order valence-corrected chi connectivity index (χ4v) is 1.13. The van der Waals surface area contributed by atoms with E-state index in [9.17, 15) is 4.79 Å². The third-order valence-electron chi connectivity index (χ3n) is 1.30. The van der Waals surface area contributed by atoms with Gasteiger partial charge in [-0.3, -0.25) is 4.99 Å². The second-order valence-corrected chi connectivity index (χ2v) is 3.02. The van der Waals surface area contributed by atoms with Gasteiger partial charge in [0.25, 0.3) is 0 Å². The number of halogens is 2. The molecule has 0 amide bonds. The van der Waals surface area contributed by atoms with E-state index in [1.54, 1.807) is 6.92 Å². The summed E-state index contributed by atoms with van der Waals surface area (Å²) in [6, 6.07) is 0. The van der Waals surface area contributed by atoms with Crippen molar-refractivity contribution < 1.29 is 9.53 Å². The predicted octanol–water partition coefficient (Wildman–Crippen LogP) is 1.20. The van der Waals surface area contributed by atoms with Crippen molar-refractivity contribution >= 4 is 35.4 Å². The van der Waals surface area contributed by atoms with Crippen LogP contribution >= 0.6 is 23.2 Å². The van der Waals surface area contributed by atoms with Crippen molar-refractivity contribution in [2.45, 2.75) is 12.5 Å². The number of esters is 1. The summed E-state index contributed by atoms with van der Waals surface area (Å²) < 4.78 is 4.74. The Balaban J connectivity index is 2.77. The number of carbonyl (C=O) groups is 1. The number of ether oxygens (including phenoxy) is 1. The van der Waals surface area contributed by atoms with Gasteiger partial charge in [-0.2, -0.15) is 0 Å². The Labute approximate surface area is 85.6 Å². The van der Waals surface area contributed by atoms with Gasteiger partial charge in [-0.1, -0.05) is 23.2 Å². The second kappa shape index (κ2) is 4.48. The molecule has 4 nitrogen and oxygen atoms in total. The summed E-state index contributed by atoms with van der Waals surface area (Å²) in [5.41, 5.74) is -0.513. The Morgan fingerprint density at radius 3 is 3.15 bits per heavy atom. The Morgan fingerprint density at radius 1 is 1.85 bits per heavy atom. The minimum Gasteiger partial charge on any atom is -0.461 e. The Morgan fingerprint density at radius 2 is 2.54 bits per heavy atom. The van der Waals surface area contributed by atoms with Gasteiger partial charge in [-0.15, -0.1) is 0 Å². The summed E-state index contributed by atoms with van der Waals surface area (Å²) in [6.07, 6.45) is 1.32. The van der Waals surface area contributed by atoms with Gasteiger partial charge in [0.15, 0.2) is 5.62 Å². The molecule has 1 heterocycles. The normalized spacial score (nSPS) is 21.3. The van der Waals surface area contributed by atoms with E-state index >= 15 is 0 Å². The molecular formula is C7H8Cl2N2O2. The van der Waals surface area contributed by atoms with Crippen molar-refractivity contribution in [2.75, 3.05) is 6.61 Å². The maximum absolute atomic E-state index is 11.2. The van der Waals surface area contributed by atoms with Crippen molar-refractivity contribution in [3.8, 4) is 0 Å². The molecule has 1 aliphatic rings. The Bertz CT molecular complexity index is 276. The fourth-order valence-electron chi connectivity index (χ4n) is 0.780. The Kier molecular flexibility index (Phi) is 3.57. The summed E-state index contributed by atoms with van der Waals surface area (Å²) in [5, 5.41) is 2.80. The number of carbonyl (C=O) groups excluding carboxylic acids is 1. The lowest BCUT2D eigenvalue weighted by Gasteiger charge is -2.16. The van der Waals surface area contributed by atoms with E-state index in [0.717, 1.165) is 0 Å². The molecule has 1 N–H and O–H groups in total. The first-order chi connectivity index (χ1) is 6.15. The highest BCUT2D eigenvalue weighted by molar-refractivity contribution is 6.41. The standard InChI is InChI=1S/C7H8Cl2N2O2/c1-2-13-6(12)5-4(8)3-10-7(9)11-5/h3,7,11H,2H2,1H3. The van der Waals surface area contributed by atoms with E-state index < -0.39 is 11.6 Å². The van der Waals surface area contributed by atoms with Gasteiger partial charge in [-0.05, 0) is 6.92 Å². The molecule has 1 rings (SSSR count). The number of allylic oxidation sites excluding steroid dienone is 1. The van der Waals surface area contributed by atoms with Gasteiger partial charge in [-0.25, -0.2) is 4.79 Å². The highest BCUT2D eigenvalue weighted by Crippen LogP contribution is 2.13. The molecule has 0 spiro atoms. The number of aliphatic imine (C=N–C) groups is 1. The van der Waals surface area contributed by atoms with Crippen LogP contribution in [0.25, 0.3) is 0 Å². The number of hydrogen-bond acceptors (Lipinski definition) is 4. The number of nitrogens with zero attached hydrogens (tertiary/aromatic N) is 1. The SMILES string of the molecule is CCOC(=O)C1=C(Cl)C=NC(Cl)N1. The summed E-state index contributed by atoms with van der Waals surface area (Å²) in [7, 11) is 0. The van der Waals surface area contributed by atoms with E-state index in [0.29, 0.717) is 0 Å². The first kappa shape index (κ1) is 10.3. The largest absolute Gasteiger partial charge is 0.461 e. The molecule has 0 saturated carbocycles. The first-order valence-electron chi connectivity index (χ1n) is 3.65. The molecule has 0 aromatic carbocycles. The van der Waals surface area contributed by atoms with Crippen molar-refractivity contribution in [2.24, 2.45) is 4.99 Å². The minimum atomic E-state index is -0.665. The van der Waals surface area contributed by atoms with Crippen LogP contribution in [0.15, 0.2) is 15.7 Å². The third-order valence-corrected chi connectivity index (χ3v) is 1.81. The second-order valence-electron chi connectivity index (χ2n) is 2.20. The average Bonchev–Trinajstić information content (AvgIpc) is 2.09. The molecule has 1 unspecified atom stereocenters. The number of rotatable bonds is 2. The quantitative estimate of drug-likeness (QED) is 0.434. The molecule has 0 aromatic heterocycles. The molecule has 6 heteroatoms. The van der Waals surface area contributed by atoms with Crippen LogP contribution in [0.4, 0.5) is 0 Å². The maximum Gasteiger partial charge on any atom is 0.356 e. The number of alkyl halides is 1. The lowest BCUT2D eigenvalue weighted by atomic mass is 10.4. The molecule has 0 aliphatic carbocycles. The van der Waals surface area contributed by atoms with Crippen LogP contribution in [0.5, 0.6) is 0 Å². The molecule has 0 radical (unpaired) electrons. The molecule has 0 aromatic rings. The smallest absolute Gasteiger partial charge is 0.356 e. The summed E-state index contributed by atoms with van der Waals surface area (Å²) in [5.74, 6) is -0.524. The van der Waals surface area contributed by atoms with E-state index in [-0.39, 0.29) is 17.3 Å². The zero-order chi connectivity index (χ0) is 9.84. The van der Waals surface area contributed by atoms with Gasteiger partial charge in [0.05, 0.1) is 11.6 Å². The van der Waals surface area contributed by atoms with Gasteiger partial charge in [0.2, 0.25) is 0 Å². The monoisotopic (exact) mass is 222 g/mol. The van der Waals surface area contributed by atoms with Crippen molar-refractivity contribution in [3.63, 3.8) is 0 Å². The Hall–Kier alpha value is -0.740. The van der Waals surface area contributed by atoms with Crippen molar-refractivity contribution in [1.82, 2.24) is 5.32 Å². The fraction of sp³-hybridized carbons (Fsp3) is 0.429. The number of nitrogens with one attached hydrogen (secondary N) is 1. The zero-order valence-electron chi connectivity index (χ0n) is 6.88. The topological polar surface area (TPSA) is 50.7 Å².